The Balaban J connectivity index is 1.66. The first-order valence-electron chi connectivity index (χ1n) is 10.5. The van der Waals surface area contributed by atoms with Gasteiger partial charge in [0, 0.05) is 29.6 Å². The summed E-state index contributed by atoms with van der Waals surface area (Å²) < 4.78 is 6.63. The van der Waals surface area contributed by atoms with E-state index in [1.807, 2.05) is 6.07 Å². The summed E-state index contributed by atoms with van der Waals surface area (Å²) in [6.45, 7) is 1.17. The molecule has 0 unspecified atom stereocenters. The fourth-order valence-electron chi connectivity index (χ4n) is 4.05. The highest BCUT2D eigenvalue weighted by atomic mass is 35.5. The van der Waals surface area contributed by atoms with Gasteiger partial charge in [0.15, 0.2) is 0 Å². The number of nitrogens with zero attached hydrogens (tertiary/aromatic N) is 2. The van der Waals surface area contributed by atoms with Crippen LogP contribution >= 0.6 is 11.6 Å². The van der Waals surface area contributed by atoms with E-state index in [0.717, 1.165) is 19.3 Å². The molecular formula is C24H24ClN3O4. The molecule has 1 aliphatic heterocycles. The fourth-order valence-corrected chi connectivity index (χ4v) is 4.23. The zero-order valence-corrected chi connectivity index (χ0v) is 18.5. The topological polar surface area (TPSA) is 80.6 Å². The standard InChI is InChI=1S/C24H24ClN3O4/c1-32-21-10-9-16(25)13-19(21)26-22(29)15-28-20-8-4-3-7-17(20)18(14-23(28)30)24(31)27-11-5-2-6-12-27/h3-4,7-10,13-14H,2,5-6,11-12,15H2,1H3,(H,26,29). The number of anilines is 1. The summed E-state index contributed by atoms with van der Waals surface area (Å²) in [5.41, 5.74) is 0.922. The number of nitrogens with one attached hydrogen (secondary N) is 1. The zero-order chi connectivity index (χ0) is 22.7. The van der Waals surface area contributed by atoms with Crippen LogP contribution in [0.4, 0.5) is 5.69 Å². The van der Waals surface area contributed by atoms with Crippen LogP contribution in [0.2, 0.25) is 5.02 Å². The molecule has 1 saturated heterocycles. The molecule has 2 aromatic carbocycles. The lowest BCUT2D eigenvalue weighted by atomic mass is 10.0. The monoisotopic (exact) mass is 453 g/mol. The lowest BCUT2D eigenvalue weighted by molar-refractivity contribution is -0.116. The summed E-state index contributed by atoms with van der Waals surface area (Å²) in [5.74, 6) is -0.0892. The Hall–Kier alpha value is -3.32. The molecule has 2 heterocycles. The second-order valence-corrected chi connectivity index (χ2v) is 8.18. The first kappa shape index (κ1) is 21.9. The second-order valence-electron chi connectivity index (χ2n) is 7.75. The van der Waals surface area contributed by atoms with Crippen LogP contribution in [0.25, 0.3) is 10.9 Å². The second kappa shape index (κ2) is 9.44. The predicted molar refractivity (Wildman–Crippen MR) is 125 cm³/mol. The number of aromatic nitrogens is 1. The lowest BCUT2D eigenvalue weighted by Gasteiger charge is -2.27. The van der Waals surface area contributed by atoms with Gasteiger partial charge < -0.3 is 15.0 Å². The molecule has 8 heteroatoms. The summed E-state index contributed by atoms with van der Waals surface area (Å²) >= 11 is 6.03. The smallest absolute Gasteiger partial charge is 0.254 e. The van der Waals surface area contributed by atoms with Crippen molar-refractivity contribution in [2.45, 2.75) is 25.8 Å². The number of halogens is 1. The molecule has 166 valence electrons. The third-order valence-corrected chi connectivity index (χ3v) is 5.86. The lowest BCUT2D eigenvalue weighted by Crippen LogP contribution is -2.37. The van der Waals surface area contributed by atoms with Crippen LogP contribution in [0.3, 0.4) is 0 Å². The van der Waals surface area contributed by atoms with Crippen molar-refractivity contribution in [2.75, 3.05) is 25.5 Å². The van der Waals surface area contributed by atoms with Crippen molar-refractivity contribution in [1.29, 1.82) is 0 Å². The van der Waals surface area contributed by atoms with Gasteiger partial charge >= 0.3 is 0 Å². The van der Waals surface area contributed by atoms with Gasteiger partial charge in [-0.1, -0.05) is 29.8 Å². The maximum Gasteiger partial charge on any atom is 0.254 e. The van der Waals surface area contributed by atoms with E-state index in [-0.39, 0.29) is 12.5 Å². The normalized spacial score (nSPS) is 13.8. The van der Waals surface area contributed by atoms with Gasteiger partial charge in [0.05, 0.1) is 23.9 Å². The van der Waals surface area contributed by atoms with Gasteiger partial charge in [0.25, 0.3) is 11.5 Å². The third kappa shape index (κ3) is 4.48. The van der Waals surface area contributed by atoms with Gasteiger partial charge in [-0.05, 0) is 43.5 Å². The number of amides is 2. The average Bonchev–Trinajstić information content (AvgIpc) is 2.81. The van der Waals surface area contributed by atoms with E-state index in [2.05, 4.69) is 5.32 Å². The van der Waals surface area contributed by atoms with Crippen LogP contribution in [0.1, 0.15) is 29.6 Å². The Morgan fingerprint density at radius 3 is 2.56 bits per heavy atom. The van der Waals surface area contributed by atoms with Gasteiger partial charge in [-0.15, -0.1) is 0 Å². The molecule has 0 spiro atoms. The SMILES string of the molecule is COc1ccc(Cl)cc1NC(=O)Cn1c(=O)cc(C(=O)N2CCCCC2)c2ccccc21. The van der Waals surface area contributed by atoms with E-state index in [9.17, 15) is 14.4 Å². The molecule has 1 N–H and O–H groups in total. The Bertz CT molecular complexity index is 1230. The molecule has 0 bridgehead atoms. The Morgan fingerprint density at radius 1 is 1.06 bits per heavy atom. The number of hydrogen-bond acceptors (Lipinski definition) is 4. The maximum atomic E-state index is 13.1. The predicted octanol–water partition coefficient (Wildman–Crippen LogP) is 3.93. The van der Waals surface area contributed by atoms with Gasteiger partial charge in [-0.3, -0.25) is 19.0 Å². The first-order valence-corrected chi connectivity index (χ1v) is 10.9. The van der Waals surface area contributed by atoms with Crippen molar-refractivity contribution in [3.05, 3.63) is 69.5 Å². The van der Waals surface area contributed by atoms with E-state index in [4.69, 9.17) is 16.3 Å². The summed E-state index contributed by atoms with van der Waals surface area (Å²) in [7, 11) is 1.50. The molecule has 0 atom stereocenters. The molecule has 1 aliphatic rings. The van der Waals surface area contributed by atoms with Crippen LogP contribution in [0.15, 0.2) is 53.3 Å². The zero-order valence-electron chi connectivity index (χ0n) is 17.8. The van der Waals surface area contributed by atoms with Crippen molar-refractivity contribution in [3.63, 3.8) is 0 Å². The fraction of sp³-hybridized carbons (Fsp3) is 0.292. The third-order valence-electron chi connectivity index (χ3n) is 5.63. The number of carbonyl (C=O) groups excluding carboxylic acids is 2. The molecule has 0 radical (unpaired) electrons. The molecule has 1 fully saturated rings. The molecule has 1 aromatic heterocycles. The van der Waals surface area contributed by atoms with Crippen LogP contribution in [-0.4, -0.2) is 41.5 Å². The van der Waals surface area contributed by atoms with E-state index < -0.39 is 11.5 Å². The summed E-state index contributed by atoms with van der Waals surface area (Å²) in [4.78, 5) is 40.7. The number of piperidine rings is 1. The number of methoxy groups -OCH3 is 1. The average molecular weight is 454 g/mol. The molecule has 7 nitrogen and oxygen atoms in total. The number of para-hydroxylation sites is 1. The van der Waals surface area contributed by atoms with Crippen LogP contribution in [-0.2, 0) is 11.3 Å². The number of benzene rings is 2. The molecule has 2 amide bonds. The van der Waals surface area contributed by atoms with Crippen molar-refractivity contribution in [2.24, 2.45) is 0 Å². The van der Waals surface area contributed by atoms with E-state index >= 15 is 0 Å². The molecule has 0 aliphatic carbocycles. The van der Waals surface area contributed by atoms with Crippen molar-refractivity contribution < 1.29 is 14.3 Å². The highest BCUT2D eigenvalue weighted by Gasteiger charge is 2.22. The molecule has 0 saturated carbocycles. The Kier molecular flexibility index (Phi) is 6.46. The number of ether oxygens (including phenoxy) is 1. The van der Waals surface area contributed by atoms with Gasteiger partial charge in [0.1, 0.15) is 12.3 Å². The quantitative estimate of drug-likeness (QED) is 0.634. The number of rotatable bonds is 5. The van der Waals surface area contributed by atoms with Gasteiger partial charge in [0.2, 0.25) is 5.91 Å². The number of likely N-dealkylation sites (tertiary alicyclic amines) is 1. The highest BCUT2D eigenvalue weighted by molar-refractivity contribution is 6.31. The molecular weight excluding hydrogens is 430 g/mol. The summed E-state index contributed by atoms with van der Waals surface area (Å²) in [6.07, 6.45) is 3.04. The Labute approximate surface area is 190 Å². The maximum absolute atomic E-state index is 13.1. The van der Waals surface area contributed by atoms with Crippen molar-refractivity contribution >= 4 is 40.0 Å². The van der Waals surface area contributed by atoms with Crippen LogP contribution in [0.5, 0.6) is 5.75 Å². The van der Waals surface area contributed by atoms with Gasteiger partial charge in [-0.25, -0.2) is 0 Å². The summed E-state index contributed by atoms with van der Waals surface area (Å²) in [6, 6.07) is 13.4. The van der Waals surface area contributed by atoms with E-state index in [1.54, 1.807) is 41.3 Å². The van der Waals surface area contributed by atoms with Crippen LogP contribution in [0, 0.1) is 0 Å². The molecule has 32 heavy (non-hydrogen) atoms. The van der Waals surface area contributed by atoms with Gasteiger partial charge in [-0.2, -0.15) is 0 Å². The van der Waals surface area contributed by atoms with Crippen LogP contribution < -0.4 is 15.6 Å². The van der Waals surface area contributed by atoms with E-state index in [1.165, 1.54) is 17.7 Å². The first-order chi connectivity index (χ1) is 15.5. The summed E-state index contributed by atoms with van der Waals surface area (Å²) in [5, 5.41) is 3.85. The minimum absolute atomic E-state index is 0.140. The molecule has 4 rings (SSSR count). The van der Waals surface area contributed by atoms with Crippen molar-refractivity contribution in [1.82, 2.24) is 9.47 Å². The van der Waals surface area contributed by atoms with Crippen molar-refractivity contribution in [3.8, 4) is 5.75 Å². The Morgan fingerprint density at radius 2 is 1.81 bits per heavy atom. The van der Waals surface area contributed by atoms with E-state index in [0.29, 0.717) is 46.0 Å². The minimum Gasteiger partial charge on any atom is -0.495 e. The minimum atomic E-state index is -0.409. The molecule has 3 aromatic rings. The number of fused-ring (bicyclic) bond motifs is 1. The largest absolute Gasteiger partial charge is 0.495 e. The highest BCUT2D eigenvalue weighted by Crippen LogP contribution is 2.28. The number of hydrogen-bond donors (Lipinski definition) is 1. The number of pyridine rings is 1. The number of carbonyl (C=O) groups is 2.